The molecule has 0 saturated carbocycles. The zero-order chi connectivity index (χ0) is 24.5. The third-order valence-electron chi connectivity index (χ3n) is 5.85. The smallest absolute Gasteiger partial charge is 0.323 e. The molecule has 3 heterocycles. The Morgan fingerprint density at radius 2 is 2.00 bits per heavy atom. The maximum Gasteiger partial charge on any atom is 0.323 e. The Hall–Kier alpha value is -2.76. The second-order valence-electron chi connectivity index (χ2n) is 9.32. The van der Waals surface area contributed by atoms with Gasteiger partial charge >= 0.3 is 11.9 Å². The average Bonchev–Trinajstić information content (AvgIpc) is 3.28. The zero-order valence-electron chi connectivity index (χ0n) is 19.6. The van der Waals surface area contributed by atoms with Crippen molar-refractivity contribution in [1.29, 1.82) is 0 Å². The number of anilines is 1. The molecule has 5 atom stereocenters. The van der Waals surface area contributed by atoms with Crippen LogP contribution in [0.3, 0.4) is 0 Å². The van der Waals surface area contributed by atoms with Crippen LogP contribution in [0.15, 0.2) is 18.5 Å². The summed E-state index contributed by atoms with van der Waals surface area (Å²) in [5, 5.41) is 15.5. The number of nitrogens with zero attached hydrogens (tertiary/aromatic N) is 3. The van der Waals surface area contributed by atoms with Gasteiger partial charge in [0, 0.05) is 6.42 Å². The van der Waals surface area contributed by atoms with Gasteiger partial charge in [0.25, 0.3) is 0 Å². The van der Waals surface area contributed by atoms with Crippen molar-refractivity contribution in [2.75, 3.05) is 12.3 Å². The van der Waals surface area contributed by atoms with Crippen molar-refractivity contribution in [3.05, 3.63) is 24.2 Å². The second-order valence-corrected chi connectivity index (χ2v) is 9.32. The van der Waals surface area contributed by atoms with Crippen LogP contribution in [0.25, 0.3) is 5.52 Å². The van der Waals surface area contributed by atoms with Gasteiger partial charge in [-0.05, 0) is 30.9 Å². The van der Waals surface area contributed by atoms with E-state index in [-0.39, 0.29) is 30.7 Å². The lowest BCUT2D eigenvalue weighted by Gasteiger charge is -2.28. The van der Waals surface area contributed by atoms with E-state index >= 15 is 0 Å². The first-order valence-corrected chi connectivity index (χ1v) is 11.0. The molecule has 0 bridgehead atoms. The minimum Gasteiger partial charge on any atom is -0.463 e. The molecule has 0 radical (unpaired) electrons. The minimum atomic E-state index is -1.35. The first kappa shape index (κ1) is 24.9. The van der Waals surface area contributed by atoms with Crippen LogP contribution in [0.4, 0.5) is 5.82 Å². The largest absolute Gasteiger partial charge is 0.463 e. The molecule has 11 nitrogen and oxygen atoms in total. The van der Waals surface area contributed by atoms with Crippen molar-refractivity contribution in [3.8, 4) is 0 Å². The Kier molecular flexibility index (Phi) is 7.25. The van der Waals surface area contributed by atoms with Gasteiger partial charge in [-0.15, -0.1) is 0 Å². The molecule has 1 fully saturated rings. The van der Waals surface area contributed by atoms with E-state index < -0.39 is 41.9 Å². The number of rotatable bonds is 8. The second kappa shape index (κ2) is 9.62. The standard InChI is InChI=1S/C22H33N5O6/c1-11(2)8-16(28)31-9-14-18(32-21(30)17(23)12(3)4)19(29)22(5,33-14)15-7-6-13-20(24)25-10-26-27(13)15/h6-7,10-12,14,17-19,29H,8-9,23H2,1-5H3,(H2,24,25,26)/t14-,17+,18-,19-,22+/m1/s1. The fourth-order valence-electron chi connectivity index (χ4n) is 3.83. The van der Waals surface area contributed by atoms with Crippen molar-refractivity contribution < 1.29 is 28.9 Å². The fraction of sp³-hybridized carbons (Fsp3) is 0.636. The number of esters is 2. The van der Waals surface area contributed by atoms with Crippen molar-refractivity contribution in [2.45, 2.75) is 71.0 Å². The number of nitrogens with two attached hydrogens (primary N) is 2. The highest BCUT2D eigenvalue weighted by Crippen LogP contribution is 2.42. The quantitative estimate of drug-likeness (QED) is 0.476. The molecule has 11 heteroatoms. The summed E-state index contributed by atoms with van der Waals surface area (Å²) in [5.74, 6) is -0.869. The summed E-state index contributed by atoms with van der Waals surface area (Å²) in [7, 11) is 0. The fourth-order valence-corrected chi connectivity index (χ4v) is 3.83. The maximum absolute atomic E-state index is 12.6. The number of carbonyl (C=O) groups is 2. The molecule has 0 unspecified atom stereocenters. The average molecular weight is 464 g/mol. The molecule has 0 spiro atoms. The Morgan fingerprint density at radius 3 is 2.64 bits per heavy atom. The predicted octanol–water partition coefficient (Wildman–Crippen LogP) is 0.771. The van der Waals surface area contributed by atoms with Crippen LogP contribution >= 0.6 is 0 Å². The summed E-state index contributed by atoms with van der Waals surface area (Å²) < 4.78 is 18.7. The van der Waals surface area contributed by atoms with Gasteiger partial charge in [-0.2, -0.15) is 5.10 Å². The van der Waals surface area contributed by atoms with Crippen LogP contribution in [0, 0.1) is 11.8 Å². The van der Waals surface area contributed by atoms with E-state index in [0.717, 1.165) is 0 Å². The molecule has 33 heavy (non-hydrogen) atoms. The normalized spacial score (nSPS) is 26.2. The summed E-state index contributed by atoms with van der Waals surface area (Å²) >= 11 is 0. The third-order valence-corrected chi connectivity index (χ3v) is 5.85. The molecular formula is C22H33N5O6. The van der Waals surface area contributed by atoms with Crippen LogP contribution in [0.2, 0.25) is 0 Å². The molecule has 0 amide bonds. The number of hydrogen-bond donors (Lipinski definition) is 3. The van der Waals surface area contributed by atoms with Gasteiger partial charge < -0.3 is 30.8 Å². The number of hydrogen-bond acceptors (Lipinski definition) is 10. The Morgan fingerprint density at radius 1 is 1.30 bits per heavy atom. The molecule has 2 aromatic heterocycles. The van der Waals surface area contributed by atoms with Gasteiger partial charge in [0.2, 0.25) is 0 Å². The lowest BCUT2D eigenvalue weighted by atomic mass is 9.93. The lowest BCUT2D eigenvalue weighted by Crippen LogP contribution is -2.46. The molecule has 5 N–H and O–H groups in total. The van der Waals surface area contributed by atoms with Crippen molar-refractivity contribution in [2.24, 2.45) is 17.6 Å². The molecule has 3 rings (SSSR count). The van der Waals surface area contributed by atoms with E-state index in [2.05, 4.69) is 10.1 Å². The van der Waals surface area contributed by atoms with E-state index in [4.69, 9.17) is 25.7 Å². The number of aliphatic hydroxyl groups excluding tert-OH is 1. The molecule has 1 saturated heterocycles. The highest BCUT2D eigenvalue weighted by molar-refractivity contribution is 5.76. The third kappa shape index (κ3) is 4.94. The first-order valence-electron chi connectivity index (χ1n) is 11.0. The van der Waals surface area contributed by atoms with Gasteiger partial charge in [-0.1, -0.05) is 27.7 Å². The van der Waals surface area contributed by atoms with E-state index in [0.29, 0.717) is 11.2 Å². The van der Waals surface area contributed by atoms with Gasteiger partial charge in [0.15, 0.2) is 11.9 Å². The van der Waals surface area contributed by atoms with Crippen molar-refractivity contribution >= 4 is 23.3 Å². The number of ether oxygens (including phenoxy) is 3. The summed E-state index contributed by atoms with van der Waals surface area (Å²) in [6.45, 7) is 8.83. The van der Waals surface area contributed by atoms with Gasteiger partial charge in [-0.25, -0.2) is 9.50 Å². The Labute approximate surface area is 192 Å². The lowest BCUT2D eigenvalue weighted by molar-refractivity contribution is -0.162. The summed E-state index contributed by atoms with van der Waals surface area (Å²) in [5.41, 5.74) is 11.5. The molecule has 182 valence electrons. The first-order chi connectivity index (χ1) is 15.5. The van der Waals surface area contributed by atoms with Gasteiger partial charge in [-0.3, -0.25) is 9.59 Å². The predicted molar refractivity (Wildman–Crippen MR) is 119 cm³/mol. The van der Waals surface area contributed by atoms with Gasteiger partial charge in [0.1, 0.15) is 42.3 Å². The van der Waals surface area contributed by atoms with E-state index in [1.54, 1.807) is 32.9 Å². The maximum atomic E-state index is 12.6. The van der Waals surface area contributed by atoms with Crippen LogP contribution in [0.1, 0.15) is 46.7 Å². The van der Waals surface area contributed by atoms with Crippen molar-refractivity contribution in [3.63, 3.8) is 0 Å². The number of fused-ring (bicyclic) bond motifs is 1. The highest BCUT2D eigenvalue weighted by Gasteiger charge is 2.56. The van der Waals surface area contributed by atoms with E-state index in [1.807, 2.05) is 13.8 Å². The molecular weight excluding hydrogens is 430 g/mol. The van der Waals surface area contributed by atoms with E-state index in [9.17, 15) is 14.7 Å². The van der Waals surface area contributed by atoms with Crippen LogP contribution in [-0.4, -0.2) is 62.6 Å². The number of nitrogen functional groups attached to an aromatic ring is 1. The van der Waals surface area contributed by atoms with Crippen molar-refractivity contribution in [1.82, 2.24) is 14.6 Å². The Bertz CT molecular complexity index is 1010. The zero-order valence-corrected chi connectivity index (χ0v) is 19.6. The molecule has 1 aliphatic heterocycles. The summed E-state index contributed by atoms with van der Waals surface area (Å²) in [6.07, 6.45) is -1.82. The van der Waals surface area contributed by atoms with E-state index in [1.165, 1.54) is 10.8 Å². The van der Waals surface area contributed by atoms with Crippen LogP contribution < -0.4 is 11.5 Å². The Balaban J connectivity index is 1.91. The molecule has 0 aliphatic carbocycles. The minimum absolute atomic E-state index is 0.118. The SMILES string of the molecule is CC(C)CC(=O)OC[C@H]1O[C@@](C)(c2ccc3c(N)ncnn23)[C@H](O)[C@@H]1OC(=O)[C@@H](N)C(C)C. The molecule has 1 aliphatic rings. The molecule has 2 aromatic rings. The summed E-state index contributed by atoms with van der Waals surface area (Å²) in [6, 6.07) is 2.53. The number of aromatic nitrogens is 3. The monoisotopic (exact) mass is 463 g/mol. The molecule has 0 aromatic carbocycles. The topological polar surface area (TPSA) is 164 Å². The summed E-state index contributed by atoms with van der Waals surface area (Å²) in [4.78, 5) is 28.7. The van der Waals surface area contributed by atoms with Gasteiger partial charge in [0.05, 0.1) is 5.69 Å². The highest BCUT2D eigenvalue weighted by atomic mass is 16.6. The van der Waals surface area contributed by atoms with Crippen LogP contribution in [0.5, 0.6) is 0 Å². The number of carbonyl (C=O) groups excluding carboxylic acids is 2. The van der Waals surface area contributed by atoms with Crippen LogP contribution in [-0.2, 0) is 29.4 Å². The number of aliphatic hydroxyl groups is 1.